The number of nitrogens with zero attached hydrogens (tertiary/aromatic N) is 1. The number of rotatable bonds is 5. The molecule has 0 amide bonds. The van der Waals surface area contributed by atoms with Crippen molar-refractivity contribution in [3.05, 3.63) is 54.1 Å². The van der Waals surface area contributed by atoms with Crippen molar-refractivity contribution >= 4 is 0 Å². The summed E-state index contributed by atoms with van der Waals surface area (Å²) < 4.78 is 13.4. The number of nitrogens with one attached hydrogen (secondary N) is 1. The van der Waals surface area contributed by atoms with Gasteiger partial charge in [0.25, 0.3) is 0 Å². The largest absolute Gasteiger partial charge is 0.313 e. The number of halogens is 1. The lowest BCUT2D eigenvalue weighted by atomic mass is 10.0. The van der Waals surface area contributed by atoms with Gasteiger partial charge < -0.3 is 5.32 Å². The molecule has 1 aromatic carbocycles. The van der Waals surface area contributed by atoms with Crippen LogP contribution in [0.25, 0.3) is 11.1 Å². The molecule has 0 unspecified atom stereocenters. The molecule has 0 spiro atoms. The highest BCUT2D eigenvalue weighted by Gasteiger charge is 2.06. The first-order chi connectivity index (χ1) is 8.81. The standard InChI is InChI=1S/C15H17FN2/c1-2-7-17-11-13-5-6-14(16)9-15(13)12-4-3-8-18-10-12/h3-6,8-10,17H,2,7,11H2,1H3. The average molecular weight is 244 g/mol. The van der Waals surface area contributed by atoms with E-state index in [0.29, 0.717) is 0 Å². The van der Waals surface area contributed by atoms with E-state index in [9.17, 15) is 4.39 Å². The van der Waals surface area contributed by atoms with Crippen molar-refractivity contribution in [2.24, 2.45) is 0 Å². The van der Waals surface area contributed by atoms with Crippen molar-refractivity contribution in [2.75, 3.05) is 6.54 Å². The minimum Gasteiger partial charge on any atom is -0.313 e. The minimum absolute atomic E-state index is 0.215. The van der Waals surface area contributed by atoms with Gasteiger partial charge in [-0.1, -0.05) is 19.1 Å². The number of pyridine rings is 1. The lowest BCUT2D eigenvalue weighted by molar-refractivity contribution is 0.625. The van der Waals surface area contributed by atoms with E-state index in [1.165, 1.54) is 6.07 Å². The number of benzene rings is 1. The Morgan fingerprint density at radius 2 is 2.17 bits per heavy atom. The second kappa shape index (κ2) is 6.26. The second-order valence-electron chi connectivity index (χ2n) is 4.22. The van der Waals surface area contributed by atoms with Crippen LogP contribution in [0.3, 0.4) is 0 Å². The van der Waals surface area contributed by atoms with Gasteiger partial charge in [0.2, 0.25) is 0 Å². The zero-order valence-corrected chi connectivity index (χ0v) is 10.5. The molecule has 1 heterocycles. The summed E-state index contributed by atoms with van der Waals surface area (Å²) in [5, 5.41) is 3.34. The van der Waals surface area contributed by atoms with Gasteiger partial charge in [-0.25, -0.2) is 4.39 Å². The number of hydrogen-bond donors (Lipinski definition) is 1. The summed E-state index contributed by atoms with van der Waals surface area (Å²) in [7, 11) is 0. The summed E-state index contributed by atoms with van der Waals surface area (Å²) >= 11 is 0. The van der Waals surface area contributed by atoms with Crippen LogP contribution in [0.1, 0.15) is 18.9 Å². The van der Waals surface area contributed by atoms with E-state index in [2.05, 4.69) is 17.2 Å². The van der Waals surface area contributed by atoms with Crippen molar-refractivity contribution in [3.8, 4) is 11.1 Å². The molecular formula is C15H17FN2. The summed E-state index contributed by atoms with van der Waals surface area (Å²) in [6.07, 6.45) is 4.57. The maximum atomic E-state index is 13.4. The third-order valence-electron chi connectivity index (χ3n) is 2.79. The number of hydrogen-bond acceptors (Lipinski definition) is 2. The molecule has 0 radical (unpaired) electrons. The van der Waals surface area contributed by atoms with Crippen LogP contribution in [0, 0.1) is 5.82 Å². The van der Waals surface area contributed by atoms with E-state index in [1.807, 2.05) is 18.2 Å². The first kappa shape index (κ1) is 12.7. The van der Waals surface area contributed by atoms with E-state index in [-0.39, 0.29) is 5.82 Å². The van der Waals surface area contributed by atoms with Gasteiger partial charge in [-0.2, -0.15) is 0 Å². The summed E-state index contributed by atoms with van der Waals surface area (Å²) in [6, 6.07) is 8.72. The van der Waals surface area contributed by atoms with Crippen molar-refractivity contribution in [1.29, 1.82) is 0 Å². The van der Waals surface area contributed by atoms with Crippen LogP contribution >= 0.6 is 0 Å². The van der Waals surface area contributed by atoms with Crippen molar-refractivity contribution in [1.82, 2.24) is 10.3 Å². The molecule has 0 aliphatic heterocycles. The van der Waals surface area contributed by atoms with Gasteiger partial charge in [-0.15, -0.1) is 0 Å². The molecule has 0 aliphatic carbocycles. The summed E-state index contributed by atoms with van der Waals surface area (Å²) in [6.45, 7) is 3.84. The van der Waals surface area contributed by atoms with Gasteiger partial charge in [0.15, 0.2) is 0 Å². The molecule has 2 aromatic rings. The van der Waals surface area contributed by atoms with Gasteiger partial charge in [-0.3, -0.25) is 4.98 Å². The summed E-state index contributed by atoms with van der Waals surface area (Å²) in [5.74, 6) is -0.215. The van der Waals surface area contributed by atoms with E-state index in [0.717, 1.165) is 36.2 Å². The normalized spacial score (nSPS) is 10.6. The van der Waals surface area contributed by atoms with Crippen LogP contribution in [0.2, 0.25) is 0 Å². The van der Waals surface area contributed by atoms with Gasteiger partial charge in [0.1, 0.15) is 5.82 Å². The van der Waals surface area contributed by atoms with Crippen molar-refractivity contribution < 1.29 is 4.39 Å². The molecule has 3 heteroatoms. The highest BCUT2D eigenvalue weighted by atomic mass is 19.1. The second-order valence-corrected chi connectivity index (χ2v) is 4.22. The van der Waals surface area contributed by atoms with Crippen LogP contribution in [0.4, 0.5) is 4.39 Å². The Balaban J connectivity index is 2.29. The van der Waals surface area contributed by atoms with E-state index in [1.54, 1.807) is 18.5 Å². The van der Waals surface area contributed by atoms with Crippen LogP contribution in [-0.4, -0.2) is 11.5 Å². The van der Waals surface area contributed by atoms with Crippen LogP contribution < -0.4 is 5.32 Å². The maximum Gasteiger partial charge on any atom is 0.123 e. The molecule has 1 aromatic heterocycles. The monoisotopic (exact) mass is 244 g/mol. The van der Waals surface area contributed by atoms with Crippen molar-refractivity contribution in [3.63, 3.8) is 0 Å². The van der Waals surface area contributed by atoms with Gasteiger partial charge in [0, 0.05) is 24.5 Å². The predicted octanol–water partition coefficient (Wildman–Crippen LogP) is 3.39. The molecule has 94 valence electrons. The third kappa shape index (κ3) is 3.14. The van der Waals surface area contributed by atoms with E-state index in [4.69, 9.17) is 0 Å². The molecule has 0 aliphatic rings. The molecule has 0 fully saturated rings. The molecule has 1 N–H and O–H groups in total. The Hall–Kier alpha value is -1.74. The first-order valence-corrected chi connectivity index (χ1v) is 6.21. The van der Waals surface area contributed by atoms with Gasteiger partial charge >= 0.3 is 0 Å². The van der Waals surface area contributed by atoms with Gasteiger partial charge in [0.05, 0.1) is 0 Å². The zero-order chi connectivity index (χ0) is 12.8. The SMILES string of the molecule is CCCNCc1ccc(F)cc1-c1cccnc1. The van der Waals surface area contributed by atoms with Crippen LogP contribution in [0.5, 0.6) is 0 Å². The van der Waals surface area contributed by atoms with Crippen molar-refractivity contribution in [2.45, 2.75) is 19.9 Å². The Morgan fingerprint density at radius 1 is 1.28 bits per heavy atom. The van der Waals surface area contributed by atoms with E-state index < -0.39 is 0 Å². The fourth-order valence-corrected chi connectivity index (χ4v) is 1.89. The lowest BCUT2D eigenvalue weighted by Gasteiger charge is -2.10. The topological polar surface area (TPSA) is 24.9 Å². The fraction of sp³-hybridized carbons (Fsp3) is 0.267. The first-order valence-electron chi connectivity index (χ1n) is 6.21. The summed E-state index contributed by atoms with van der Waals surface area (Å²) in [5.41, 5.74) is 2.95. The quantitative estimate of drug-likeness (QED) is 0.815. The molecule has 18 heavy (non-hydrogen) atoms. The smallest absolute Gasteiger partial charge is 0.123 e. The molecule has 2 nitrogen and oxygen atoms in total. The molecule has 0 saturated carbocycles. The Kier molecular flexibility index (Phi) is 4.42. The van der Waals surface area contributed by atoms with Crippen LogP contribution in [-0.2, 0) is 6.54 Å². The lowest BCUT2D eigenvalue weighted by Crippen LogP contribution is -2.14. The Labute approximate surface area is 107 Å². The molecule has 2 rings (SSSR count). The molecule has 0 bridgehead atoms. The predicted molar refractivity (Wildman–Crippen MR) is 71.6 cm³/mol. The Bertz CT molecular complexity index is 497. The molecule has 0 saturated heterocycles. The third-order valence-corrected chi connectivity index (χ3v) is 2.79. The highest BCUT2D eigenvalue weighted by molar-refractivity contribution is 5.66. The molecular weight excluding hydrogens is 227 g/mol. The maximum absolute atomic E-state index is 13.4. The van der Waals surface area contributed by atoms with Gasteiger partial charge in [-0.05, 0) is 42.3 Å². The highest BCUT2D eigenvalue weighted by Crippen LogP contribution is 2.23. The molecule has 0 atom stereocenters. The average Bonchev–Trinajstić information content (AvgIpc) is 2.41. The zero-order valence-electron chi connectivity index (χ0n) is 10.5. The fourth-order valence-electron chi connectivity index (χ4n) is 1.89. The number of aromatic nitrogens is 1. The van der Waals surface area contributed by atoms with E-state index >= 15 is 0 Å². The summed E-state index contributed by atoms with van der Waals surface area (Å²) in [4.78, 5) is 4.09. The minimum atomic E-state index is -0.215. The van der Waals surface area contributed by atoms with Crippen LogP contribution in [0.15, 0.2) is 42.7 Å². The Morgan fingerprint density at radius 3 is 2.89 bits per heavy atom.